The van der Waals surface area contributed by atoms with Crippen LogP contribution < -0.4 is 5.32 Å². The van der Waals surface area contributed by atoms with E-state index in [0.717, 1.165) is 25.1 Å². The summed E-state index contributed by atoms with van der Waals surface area (Å²) in [5, 5.41) is 12.2. The lowest BCUT2D eigenvalue weighted by molar-refractivity contribution is 0.0696. The van der Waals surface area contributed by atoms with Crippen LogP contribution in [0.3, 0.4) is 0 Å². The lowest BCUT2D eigenvalue weighted by Gasteiger charge is -2.08. The van der Waals surface area contributed by atoms with Gasteiger partial charge in [0, 0.05) is 16.7 Å². The number of carboxylic acid groups (broad SMARTS) is 1. The molecule has 2 rings (SSSR count). The zero-order valence-electron chi connectivity index (χ0n) is 11.0. The van der Waals surface area contributed by atoms with Gasteiger partial charge in [-0.3, -0.25) is 0 Å². The normalized spacial score (nSPS) is 10.2. The quantitative estimate of drug-likeness (QED) is 0.779. The monoisotopic (exact) mass is 333 g/mol. The van der Waals surface area contributed by atoms with Crippen molar-refractivity contribution in [3.05, 3.63) is 64.1 Å². The first-order valence-corrected chi connectivity index (χ1v) is 7.27. The molecule has 0 amide bonds. The fourth-order valence-corrected chi connectivity index (χ4v) is 2.52. The van der Waals surface area contributed by atoms with Gasteiger partial charge in [-0.05, 0) is 52.5 Å². The number of hydrogen-bond donors (Lipinski definition) is 2. The van der Waals surface area contributed by atoms with Crippen LogP contribution in [0.25, 0.3) is 0 Å². The first kappa shape index (κ1) is 14.6. The van der Waals surface area contributed by atoms with Gasteiger partial charge in [0.25, 0.3) is 0 Å². The Morgan fingerprint density at radius 2 is 1.90 bits per heavy atom. The van der Waals surface area contributed by atoms with Gasteiger partial charge in [-0.25, -0.2) is 4.79 Å². The number of carbonyl (C=O) groups is 1. The summed E-state index contributed by atoms with van der Waals surface area (Å²) in [4.78, 5) is 10.9. The Morgan fingerprint density at radius 1 is 1.15 bits per heavy atom. The van der Waals surface area contributed by atoms with Crippen LogP contribution in [0.4, 0.5) is 5.69 Å². The van der Waals surface area contributed by atoms with Gasteiger partial charge in [0.15, 0.2) is 0 Å². The molecule has 0 aromatic heterocycles. The molecule has 0 aliphatic rings. The van der Waals surface area contributed by atoms with Crippen molar-refractivity contribution in [2.24, 2.45) is 0 Å². The van der Waals surface area contributed by atoms with Crippen molar-refractivity contribution in [2.45, 2.75) is 12.8 Å². The molecule has 0 heterocycles. The Kier molecular flexibility index (Phi) is 5.18. The van der Waals surface area contributed by atoms with Crippen LogP contribution in [0, 0.1) is 0 Å². The van der Waals surface area contributed by atoms with Crippen LogP contribution in [0.5, 0.6) is 0 Å². The molecular weight excluding hydrogens is 318 g/mol. The maximum atomic E-state index is 10.9. The van der Waals surface area contributed by atoms with Gasteiger partial charge in [0.1, 0.15) is 0 Å². The number of carboxylic acids is 1. The molecule has 0 spiro atoms. The van der Waals surface area contributed by atoms with Gasteiger partial charge in [-0.2, -0.15) is 0 Å². The third-order valence-electron chi connectivity index (χ3n) is 3.01. The molecule has 0 aliphatic heterocycles. The summed E-state index contributed by atoms with van der Waals surface area (Å²) in [6, 6.07) is 15.5. The van der Waals surface area contributed by atoms with E-state index >= 15 is 0 Å². The van der Waals surface area contributed by atoms with Crippen molar-refractivity contribution >= 4 is 27.6 Å². The molecule has 2 N–H and O–H groups in total. The highest BCUT2D eigenvalue weighted by molar-refractivity contribution is 9.10. The second-order valence-electron chi connectivity index (χ2n) is 4.52. The SMILES string of the molecule is O=C(O)c1ccc(NCCCc2ccccc2)cc1Br. The van der Waals surface area contributed by atoms with Gasteiger partial charge in [-0.1, -0.05) is 30.3 Å². The van der Waals surface area contributed by atoms with Crippen LogP contribution in [0.2, 0.25) is 0 Å². The Hall–Kier alpha value is -1.81. The summed E-state index contributed by atoms with van der Waals surface area (Å²) >= 11 is 3.27. The summed E-state index contributed by atoms with van der Waals surface area (Å²) in [6.45, 7) is 0.855. The van der Waals surface area contributed by atoms with Gasteiger partial charge < -0.3 is 10.4 Å². The maximum Gasteiger partial charge on any atom is 0.336 e. The molecule has 20 heavy (non-hydrogen) atoms. The van der Waals surface area contributed by atoms with Crippen LogP contribution >= 0.6 is 15.9 Å². The van der Waals surface area contributed by atoms with Crippen molar-refractivity contribution in [1.82, 2.24) is 0 Å². The fraction of sp³-hybridized carbons (Fsp3) is 0.188. The highest BCUT2D eigenvalue weighted by atomic mass is 79.9. The standard InChI is InChI=1S/C16H16BrNO2/c17-15-11-13(8-9-14(15)16(19)20)18-10-4-7-12-5-2-1-3-6-12/h1-3,5-6,8-9,11,18H,4,7,10H2,(H,19,20). The number of halogens is 1. The van der Waals surface area contributed by atoms with E-state index in [1.165, 1.54) is 5.56 Å². The zero-order chi connectivity index (χ0) is 14.4. The minimum absolute atomic E-state index is 0.278. The Morgan fingerprint density at radius 3 is 2.55 bits per heavy atom. The van der Waals surface area contributed by atoms with E-state index in [1.807, 2.05) is 18.2 Å². The van der Waals surface area contributed by atoms with E-state index < -0.39 is 5.97 Å². The molecule has 2 aromatic rings. The number of rotatable bonds is 6. The highest BCUT2D eigenvalue weighted by Gasteiger charge is 2.07. The van der Waals surface area contributed by atoms with E-state index in [4.69, 9.17) is 5.11 Å². The third kappa shape index (κ3) is 4.10. The number of nitrogens with one attached hydrogen (secondary N) is 1. The number of benzene rings is 2. The summed E-state index contributed by atoms with van der Waals surface area (Å²) in [6.07, 6.45) is 2.06. The fourth-order valence-electron chi connectivity index (χ4n) is 1.97. The first-order chi connectivity index (χ1) is 9.66. The Labute approximate surface area is 126 Å². The minimum Gasteiger partial charge on any atom is -0.478 e. The van der Waals surface area contributed by atoms with E-state index in [2.05, 4.69) is 33.4 Å². The van der Waals surface area contributed by atoms with Crippen LogP contribution in [-0.2, 0) is 6.42 Å². The highest BCUT2D eigenvalue weighted by Crippen LogP contribution is 2.21. The number of aromatic carboxylic acids is 1. The minimum atomic E-state index is -0.924. The molecular formula is C16H16BrNO2. The summed E-state index contributed by atoms with van der Waals surface area (Å²) < 4.78 is 0.595. The van der Waals surface area contributed by atoms with Crippen molar-refractivity contribution < 1.29 is 9.90 Å². The molecule has 104 valence electrons. The summed E-state index contributed by atoms with van der Waals surface area (Å²) in [5.41, 5.74) is 2.53. The van der Waals surface area contributed by atoms with Gasteiger partial charge >= 0.3 is 5.97 Å². The maximum absolute atomic E-state index is 10.9. The van der Waals surface area contributed by atoms with Crippen LogP contribution in [-0.4, -0.2) is 17.6 Å². The van der Waals surface area contributed by atoms with Gasteiger partial charge in [-0.15, -0.1) is 0 Å². The molecule has 3 nitrogen and oxygen atoms in total. The molecule has 0 atom stereocenters. The van der Waals surface area contributed by atoms with Crippen LogP contribution in [0.1, 0.15) is 22.3 Å². The zero-order valence-corrected chi connectivity index (χ0v) is 12.6. The molecule has 0 saturated heterocycles. The molecule has 0 unspecified atom stereocenters. The predicted octanol–water partition coefficient (Wildman–Crippen LogP) is 4.19. The Balaban J connectivity index is 1.83. The lowest BCUT2D eigenvalue weighted by Crippen LogP contribution is -2.04. The van der Waals surface area contributed by atoms with E-state index in [0.29, 0.717) is 4.47 Å². The Bertz CT molecular complexity index is 584. The summed E-state index contributed by atoms with van der Waals surface area (Å²) in [7, 11) is 0. The number of aryl methyl sites for hydroxylation is 1. The molecule has 0 fully saturated rings. The topological polar surface area (TPSA) is 49.3 Å². The summed E-state index contributed by atoms with van der Waals surface area (Å²) in [5.74, 6) is -0.924. The number of hydrogen-bond acceptors (Lipinski definition) is 2. The molecule has 0 bridgehead atoms. The first-order valence-electron chi connectivity index (χ1n) is 6.47. The number of anilines is 1. The smallest absolute Gasteiger partial charge is 0.336 e. The predicted molar refractivity (Wildman–Crippen MR) is 84.4 cm³/mol. The molecule has 0 aliphatic carbocycles. The van der Waals surface area contributed by atoms with Gasteiger partial charge in [0.05, 0.1) is 5.56 Å². The van der Waals surface area contributed by atoms with E-state index in [-0.39, 0.29) is 5.56 Å². The van der Waals surface area contributed by atoms with Crippen molar-refractivity contribution in [1.29, 1.82) is 0 Å². The van der Waals surface area contributed by atoms with Crippen molar-refractivity contribution in [2.75, 3.05) is 11.9 Å². The second-order valence-corrected chi connectivity index (χ2v) is 5.37. The van der Waals surface area contributed by atoms with Crippen molar-refractivity contribution in [3.8, 4) is 0 Å². The van der Waals surface area contributed by atoms with Crippen molar-refractivity contribution in [3.63, 3.8) is 0 Å². The van der Waals surface area contributed by atoms with Gasteiger partial charge in [0.2, 0.25) is 0 Å². The molecule has 0 saturated carbocycles. The molecule has 0 radical (unpaired) electrons. The second kappa shape index (κ2) is 7.10. The lowest BCUT2D eigenvalue weighted by atomic mass is 10.1. The van der Waals surface area contributed by atoms with E-state index in [1.54, 1.807) is 18.2 Å². The van der Waals surface area contributed by atoms with E-state index in [9.17, 15) is 4.79 Å². The van der Waals surface area contributed by atoms with Crippen LogP contribution in [0.15, 0.2) is 53.0 Å². The molecule has 4 heteroatoms. The average Bonchev–Trinajstić information content (AvgIpc) is 2.44. The average molecular weight is 334 g/mol. The molecule has 2 aromatic carbocycles. The largest absolute Gasteiger partial charge is 0.478 e. The third-order valence-corrected chi connectivity index (χ3v) is 3.67.